The molecule has 2 rings (SSSR count). The molecule has 0 unspecified atom stereocenters. The molecule has 0 saturated heterocycles. The molecule has 112 valence electrons. The van der Waals surface area contributed by atoms with Crippen molar-refractivity contribution < 1.29 is 13.5 Å². The first-order valence-corrected chi connectivity index (χ1v) is 8.46. The van der Waals surface area contributed by atoms with Crippen molar-refractivity contribution in [2.75, 3.05) is 12.3 Å². The van der Waals surface area contributed by atoms with Crippen LogP contribution < -0.4 is 10.5 Å². The second-order valence-corrected chi connectivity index (χ2v) is 7.38. The predicted octanol–water partition coefficient (Wildman–Crippen LogP) is 1.90. The van der Waals surface area contributed by atoms with E-state index in [1.165, 1.54) is 12.1 Å². The average Bonchev–Trinajstić information content (AvgIpc) is 2.37. The molecule has 0 spiro atoms. The Morgan fingerprint density at radius 2 is 1.95 bits per heavy atom. The van der Waals surface area contributed by atoms with E-state index in [2.05, 4.69) is 4.72 Å². The van der Waals surface area contributed by atoms with Crippen LogP contribution in [0.15, 0.2) is 23.1 Å². The van der Waals surface area contributed by atoms with Gasteiger partial charge in [0.1, 0.15) is 4.90 Å². The standard InChI is InChI=1S/C13H19ClN2O3S/c14-10-5-4-6-11(15)12(10)20(18,19)16-9-13(17)7-2-1-3-8-13/h4-6,16-17H,1-3,7-9,15H2. The fraction of sp³-hybridized carbons (Fsp3) is 0.538. The molecular weight excluding hydrogens is 300 g/mol. The summed E-state index contributed by atoms with van der Waals surface area (Å²) >= 11 is 5.91. The molecule has 1 aliphatic rings. The zero-order chi connectivity index (χ0) is 14.8. The number of sulfonamides is 1. The summed E-state index contributed by atoms with van der Waals surface area (Å²) in [4.78, 5) is -0.124. The van der Waals surface area contributed by atoms with Crippen LogP contribution in [0, 0.1) is 0 Å². The lowest BCUT2D eigenvalue weighted by atomic mass is 9.85. The smallest absolute Gasteiger partial charge is 0.244 e. The number of aliphatic hydroxyl groups is 1. The van der Waals surface area contributed by atoms with Crippen molar-refractivity contribution in [2.45, 2.75) is 42.6 Å². The van der Waals surface area contributed by atoms with Crippen LogP contribution >= 0.6 is 11.6 Å². The lowest BCUT2D eigenvalue weighted by Gasteiger charge is -2.32. The summed E-state index contributed by atoms with van der Waals surface area (Å²) < 4.78 is 27.0. The van der Waals surface area contributed by atoms with Crippen LogP contribution in [0.1, 0.15) is 32.1 Å². The van der Waals surface area contributed by atoms with E-state index >= 15 is 0 Å². The molecule has 4 N–H and O–H groups in total. The summed E-state index contributed by atoms with van der Waals surface area (Å²) in [6, 6.07) is 4.54. The molecule has 7 heteroatoms. The van der Waals surface area contributed by atoms with Crippen molar-refractivity contribution in [3.63, 3.8) is 0 Å². The number of rotatable bonds is 4. The Bertz CT molecular complexity index is 563. The minimum Gasteiger partial charge on any atom is -0.398 e. The van der Waals surface area contributed by atoms with E-state index in [-0.39, 0.29) is 22.2 Å². The Morgan fingerprint density at radius 1 is 1.30 bits per heavy atom. The number of hydrogen-bond donors (Lipinski definition) is 3. The highest BCUT2D eigenvalue weighted by atomic mass is 35.5. The van der Waals surface area contributed by atoms with Crippen LogP contribution in [0.2, 0.25) is 5.02 Å². The number of hydrogen-bond acceptors (Lipinski definition) is 4. The first-order valence-electron chi connectivity index (χ1n) is 6.60. The predicted molar refractivity (Wildman–Crippen MR) is 79.1 cm³/mol. The van der Waals surface area contributed by atoms with Crippen LogP contribution in [-0.2, 0) is 10.0 Å². The largest absolute Gasteiger partial charge is 0.398 e. The van der Waals surface area contributed by atoms with Gasteiger partial charge in [-0.25, -0.2) is 13.1 Å². The van der Waals surface area contributed by atoms with E-state index < -0.39 is 15.6 Å². The van der Waals surface area contributed by atoms with Gasteiger partial charge in [0.15, 0.2) is 0 Å². The molecule has 5 nitrogen and oxygen atoms in total. The van der Waals surface area contributed by atoms with Crippen LogP contribution in [-0.4, -0.2) is 25.7 Å². The van der Waals surface area contributed by atoms with Crippen LogP contribution in [0.4, 0.5) is 5.69 Å². The summed E-state index contributed by atoms with van der Waals surface area (Å²) in [7, 11) is -3.83. The summed E-state index contributed by atoms with van der Waals surface area (Å²) in [5, 5.41) is 10.4. The molecule has 1 aromatic carbocycles. The van der Waals surface area contributed by atoms with Crippen molar-refractivity contribution in [3.05, 3.63) is 23.2 Å². The maximum Gasteiger partial charge on any atom is 0.244 e. The highest BCUT2D eigenvalue weighted by Gasteiger charge is 2.31. The number of halogens is 1. The summed E-state index contributed by atoms with van der Waals surface area (Å²) in [6.07, 6.45) is 4.10. The third kappa shape index (κ3) is 3.44. The summed E-state index contributed by atoms with van der Waals surface area (Å²) in [6.45, 7) is -0.0139. The molecule has 0 atom stereocenters. The maximum absolute atomic E-state index is 12.3. The summed E-state index contributed by atoms with van der Waals surface area (Å²) in [5.41, 5.74) is 4.81. The van der Waals surface area contributed by atoms with Crippen molar-refractivity contribution >= 4 is 27.3 Å². The minimum absolute atomic E-state index is 0.0139. The van der Waals surface area contributed by atoms with Gasteiger partial charge in [0.2, 0.25) is 10.0 Å². The molecule has 0 aromatic heterocycles. The van der Waals surface area contributed by atoms with Gasteiger partial charge >= 0.3 is 0 Å². The highest BCUT2D eigenvalue weighted by Crippen LogP contribution is 2.30. The van der Waals surface area contributed by atoms with Crippen LogP contribution in [0.25, 0.3) is 0 Å². The zero-order valence-electron chi connectivity index (χ0n) is 11.1. The van der Waals surface area contributed by atoms with Gasteiger partial charge in [-0.1, -0.05) is 36.9 Å². The SMILES string of the molecule is Nc1cccc(Cl)c1S(=O)(=O)NCC1(O)CCCCC1. The van der Waals surface area contributed by atoms with E-state index in [1.54, 1.807) is 6.07 Å². The fourth-order valence-electron chi connectivity index (χ4n) is 2.50. The van der Waals surface area contributed by atoms with E-state index in [4.69, 9.17) is 17.3 Å². The molecule has 1 fully saturated rings. The lowest BCUT2D eigenvalue weighted by Crippen LogP contribution is -2.44. The molecule has 0 amide bonds. The number of anilines is 1. The molecular formula is C13H19ClN2O3S. The van der Waals surface area contributed by atoms with Gasteiger partial charge < -0.3 is 10.8 Å². The third-order valence-electron chi connectivity index (χ3n) is 3.64. The van der Waals surface area contributed by atoms with Gasteiger partial charge in [-0.2, -0.15) is 0 Å². The highest BCUT2D eigenvalue weighted by molar-refractivity contribution is 7.89. The second-order valence-electron chi connectivity index (χ2n) is 5.27. The van der Waals surface area contributed by atoms with Gasteiger partial charge in [-0.3, -0.25) is 0 Å². The average molecular weight is 319 g/mol. The summed E-state index contributed by atoms with van der Waals surface area (Å²) in [5.74, 6) is 0. The van der Waals surface area contributed by atoms with E-state index in [1.807, 2.05) is 0 Å². The Kier molecular flexibility index (Phi) is 4.59. The van der Waals surface area contributed by atoms with Gasteiger partial charge in [0.05, 0.1) is 16.3 Å². The number of nitrogens with one attached hydrogen (secondary N) is 1. The Morgan fingerprint density at radius 3 is 2.55 bits per heavy atom. The van der Waals surface area contributed by atoms with E-state index in [0.717, 1.165) is 19.3 Å². The fourth-order valence-corrected chi connectivity index (χ4v) is 4.29. The normalized spacial score (nSPS) is 18.9. The van der Waals surface area contributed by atoms with Crippen molar-refractivity contribution in [1.29, 1.82) is 0 Å². The van der Waals surface area contributed by atoms with Crippen molar-refractivity contribution in [1.82, 2.24) is 4.72 Å². The Labute approximate surface area is 124 Å². The Balaban J connectivity index is 2.15. The van der Waals surface area contributed by atoms with Crippen LogP contribution in [0.3, 0.4) is 0 Å². The molecule has 0 bridgehead atoms. The maximum atomic E-state index is 12.3. The molecule has 0 aliphatic heterocycles. The number of nitrogens with two attached hydrogens (primary N) is 1. The second kappa shape index (κ2) is 5.89. The van der Waals surface area contributed by atoms with E-state index in [9.17, 15) is 13.5 Å². The topological polar surface area (TPSA) is 92.4 Å². The van der Waals surface area contributed by atoms with Crippen molar-refractivity contribution in [3.8, 4) is 0 Å². The van der Waals surface area contributed by atoms with Crippen molar-refractivity contribution in [2.24, 2.45) is 0 Å². The molecule has 1 aliphatic carbocycles. The lowest BCUT2D eigenvalue weighted by molar-refractivity contribution is 0.00946. The molecule has 0 heterocycles. The first kappa shape index (κ1) is 15.6. The number of benzene rings is 1. The zero-order valence-corrected chi connectivity index (χ0v) is 12.7. The minimum atomic E-state index is -3.83. The molecule has 20 heavy (non-hydrogen) atoms. The van der Waals surface area contributed by atoms with E-state index in [0.29, 0.717) is 12.8 Å². The monoisotopic (exact) mass is 318 g/mol. The third-order valence-corrected chi connectivity index (χ3v) is 5.59. The Hall–Kier alpha value is -0.820. The van der Waals surface area contributed by atoms with Gasteiger partial charge in [-0.05, 0) is 25.0 Å². The molecule has 1 saturated carbocycles. The van der Waals surface area contributed by atoms with Gasteiger partial charge in [0, 0.05) is 6.54 Å². The molecule has 0 radical (unpaired) electrons. The van der Waals surface area contributed by atoms with Crippen LogP contribution in [0.5, 0.6) is 0 Å². The molecule has 1 aromatic rings. The van der Waals surface area contributed by atoms with Gasteiger partial charge in [0.25, 0.3) is 0 Å². The first-order chi connectivity index (χ1) is 9.34. The van der Waals surface area contributed by atoms with Gasteiger partial charge in [-0.15, -0.1) is 0 Å². The number of nitrogen functional groups attached to an aromatic ring is 1. The quantitative estimate of drug-likeness (QED) is 0.739.